The van der Waals surface area contributed by atoms with Crippen molar-refractivity contribution in [3.05, 3.63) is 35.4 Å². The van der Waals surface area contributed by atoms with Gasteiger partial charge in [-0.2, -0.15) is 5.26 Å². The van der Waals surface area contributed by atoms with Crippen LogP contribution < -0.4 is 0 Å². The minimum absolute atomic E-state index is 0.251. The number of aryl methyl sites for hydroxylation is 1. The predicted molar refractivity (Wildman–Crippen MR) is 47.5 cm³/mol. The van der Waals surface area contributed by atoms with E-state index in [1.807, 2.05) is 13.0 Å². The van der Waals surface area contributed by atoms with E-state index in [1.165, 1.54) is 6.08 Å². The lowest BCUT2D eigenvalue weighted by Crippen LogP contribution is -1.78. The Morgan fingerprint density at radius 3 is 2.83 bits per heavy atom. The molecule has 2 heteroatoms. The molecule has 0 atom stereocenters. The van der Waals surface area contributed by atoms with E-state index in [9.17, 15) is 0 Å². The van der Waals surface area contributed by atoms with Gasteiger partial charge in [0.2, 0.25) is 0 Å². The second-order valence-corrected chi connectivity index (χ2v) is 2.50. The summed E-state index contributed by atoms with van der Waals surface area (Å²) >= 11 is 0. The van der Waals surface area contributed by atoms with E-state index in [0.29, 0.717) is 0 Å². The first-order valence-electron chi connectivity index (χ1n) is 3.60. The van der Waals surface area contributed by atoms with Crippen LogP contribution in [0.1, 0.15) is 11.1 Å². The summed E-state index contributed by atoms with van der Waals surface area (Å²) in [6.07, 6.45) is 3.13. The highest BCUT2D eigenvalue weighted by atomic mass is 16.3. The molecular formula is C10H9NO. The van der Waals surface area contributed by atoms with Crippen LogP contribution in [-0.2, 0) is 0 Å². The molecule has 0 radical (unpaired) electrons. The third-order valence-corrected chi connectivity index (χ3v) is 1.59. The van der Waals surface area contributed by atoms with E-state index in [1.54, 1.807) is 24.3 Å². The summed E-state index contributed by atoms with van der Waals surface area (Å²) in [5.41, 5.74) is 1.91. The molecule has 0 spiro atoms. The minimum atomic E-state index is 0.251. The molecule has 0 saturated carbocycles. The molecule has 1 rings (SSSR count). The Hall–Kier alpha value is -1.75. The molecule has 0 saturated heterocycles. The SMILES string of the molecule is Cc1cc(O)ccc1C=CC#N. The fourth-order valence-corrected chi connectivity index (χ4v) is 0.974. The fraction of sp³-hybridized carbons (Fsp3) is 0.100. The fourth-order valence-electron chi connectivity index (χ4n) is 0.974. The molecule has 60 valence electrons. The first-order valence-corrected chi connectivity index (χ1v) is 3.60. The Morgan fingerprint density at radius 1 is 1.50 bits per heavy atom. The summed E-state index contributed by atoms with van der Waals surface area (Å²) in [6.45, 7) is 1.89. The number of nitrogens with zero attached hydrogens (tertiary/aromatic N) is 1. The van der Waals surface area contributed by atoms with Gasteiger partial charge in [0.1, 0.15) is 5.75 Å². The molecule has 0 amide bonds. The molecule has 2 nitrogen and oxygen atoms in total. The zero-order valence-corrected chi connectivity index (χ0v) is 6.78. The van der Waals surface area contributed by atoms with E-state index >= 15 is 0 Å². The second-order valence-electron chi connectivity index (χ2n) is 2.50. The lowest BCUT2D eigenvalue weighted by Gasteiger charge is -1.99. The van der Waals surface area contributed by atoms with Crippen molar-refractivity contribution in [3.63, 3.8) is 0 Å². The van der Waals surface area contributed by atoms with Crippen LogP contribution >= 0.6 is 0 Å². The molecule has 1 aromatic rings. The number of aromatic hydroxyl groups is 1. The van der Waals surface area contributed by atoms with Crippen LogP contribution in [0.25, 0.3) is 6.08 Å². The smallest absolute Gasteiger partial charge is 0.115 e. The number of nitriles is 1. The number of benzene rings is 1. The van der Waals surface area contributed by atoms with E-state index in [4.69, 9.17) is 10.4 Å². The topological polar surface area (TPSA) is 44.0 Å². The third-order valence-electron chi connectivity index (χ3n) is 1.59. The van der Waals surface area contributed by atoms with Crippen molar-refractivity contribution in [1.82, 2.24) is 0 Å². The summed E-state index contributed by atoms with van der Waals surface area (Å²) in [5.74, 6) is 0.251. The van der Waals surface area contributed by atoms with Crippen molar-refractivity contribution in [2.24, 2.45) is 0 Å². The Bertz CT molecular complexity index is 347. The van der Waals surface area contributed by atoms with Crippen LogP contribution in [0, 0.1) is 18.3 Å². The Kier molecular flexibility index (Phi) is 2.49. The van der Waals surface area contributed by atoms with Crippen molar-refractivity contribution in [2.45, 2.75) is 6.92 Å². The molecule has 0 bridgehead atoms. The average molecular weight is 159 g/mol. The lowest BCUT2D eigenvalue weighted by atomic mass is 10.1. The quantitative estimate of drug-likeness (QED) is 0.638. The highest BCUT2D eigenvalue weighted by molar-refractivity contribution is 5.56. The normalized spacial score (nSPS) is 10.0. The predicted octanol–water partition coefficient (Wildman–Crippen LogP) is 2.24. The van der Waals surface area contributed by atoms with Crippen LogP contribution in [0.4, 0.5) is 0 Å². The van der Waals surface area contributed by atoms with Gasteiger partial charge in [0, 0.05) is 6.08 Å². The average Bonchev–Trinajstić information content (AvgIpc) is 2.03. The van der Waals surface area contributed by atoms with E-state index < -0.39 is 0 Å². The molecule has 0 fully saturated rings. The number of phenols is 1. The molecular weight excluding hydrogens is 150 g/mol. The Balaban J connectivity index is 3.03. The maximum atomic E-state index is 9.07. The summed E-state index contributed by atoms with van der Waals surface area (Å²) in [4.78, 5) is 0. The molecule has 0 aliphatic heterocycles. The van der Waals surface area contributed by atoms with Crippen molar-refractivity contribution in [3.8, 4) is 11.8 Å². The second kappa shape index (κ2) is 3.59. The van der Waals surface area contributed by atoms with Crippen LogP contribution in [-0.4, -0.2) is 5.11 Å². The standard InChI is InChI=1S/C10H9NO/c1-8-7-10(12)5-4-9(8)3-2-6-11/h2-5,7,12H,1H3. The number of allylic oxidation sites excluding steroid dienone is 1. The van der Waals surface area contributed by atoms with E-state index in [2.05, 4.69) is 0 Å². The van der Waals surface area contributed by atoms with Gasteiger partial charge in [-0.3, -0.25) is 0 Å². The van der Waals surface area contributed by atoms with Gasteiger partial charge in [-0.1, -0.05) is 6.07 Å². The Morgan fingerprint density at radius 2 is 2.25 bits per heavy atom. The van der Waals surface area contributed by atoms with Crippen molar-refractivity contribution in [2.75, 3.05) is 0 Å². The molecule has 0 heterocycles. The maximum absolute atomic E-state index is 9.07. The molecule has 0 aromatic heterocycles. The van der Waals surface area contributed by atoms with Crippen molar-refractivity contribution < 1.29 is 5.11 Å². The van der Waals surface area contributed by atoms with Gasteiger partial charge in [-0.05, 0) is 36.3 Å². The monoisotopic (exact) mass is 159 g/mol. The van der Waals surface area contributed by atoms with Gasteiger partial charge in [0.15, 0.2) is 0 Å². The zero-order valence-electron chi connectivity index (χ0n) is 6.78. The molecule has 1 aromatic carbocycles. The highest BCUT2D eigenvalue weighted by Crippen LogP contribution is 2.16. The van der Waals surface area contributed by atoms with Gasteiger partial charge < -0.3 is 5.11 Å². The number of phenolic OH excluding ortho intramolecular Hbond substituents is 1. The molecule has 0 unspecified atom stereocenters. The van der Waals surface area contributed by atoms with Crippen molar-refractivity contribution in [1.29, 1.82) is 5.26 Å². The number of hydrogen-bond donors (Lipinski definition) is 1. The van der Waals surface area contributed by atoms with Gasteiger partial charge >= 0.3 is 0 Å². The molecule has 12 heavy (non-hydrogen) atoms. The zero-order chi connectivity index (χ0) is 8.97. The third kappa shape index (κ3) is 1.86. The van der Waals surface area contributed by atoms with Gasteiger partial charge in [-0.15, -0.1) is 0 Å². The number of rotatable bonds is 1. The van der Waals surface area contributed by atoms with Crippen LogP contribution in [0.3, 0.4) is 0 Å². The summed E-state index contributed by atoms with van der Waals surface area (Å²) in [7, 11) is 0. The molecule has 0 aliphatic carbocycles. The highest BCUT2D eigenvalue weighted by Gasteiger charge is 1.94. The first-order chi connectivity index (χ1) is 5.74. The van der Waals surface area contributed by atoms with Crippen LogP contribution in [0.2, 0.25) is 0 Å². The van der Waals surface area contributed by atoms with Gasteiger partial charge in [-0.25, -0.2) is 0 Å². The summed E-state index contributed by atoms with van der Waals surface area (Å²) in [5, 5.41) is 17.4. The van der Waals surface area contributed by atoms with Gasteiger partial charge in [0.25, 0.3) is 0 Å². The van der Waals surface area contributed by atoms with E-state index in [0.717, 1.165) is 11.1 Å². The summed E-state index contributed by atoms with van der Waals surface area (Å²) < 4.78 is 0. The van der Waals surface area contributed by atoms with Crippen molar-refractivity contribution >= 4 is 6.08 Å². The summed E-state index contributed by atoms with van der Waals surface area (Å²) in [6, 6.07) is 6.96. The van der Waals surface area contributed by atoms with Gasteiger partial charge in [0.05, 0.1) is 6.07 Å². The molecule has 1 N–H and O–H groups in total. The minimum Gasteiger partial charge on any atom is -0.508 e. The number of hydrogen-bond acceptors (Lipinski definition) is 2. The van der Waals surface area contributed by atoms with Crippen LogP contribution in [0.15, 0.2) is 24.3 Å². The molecule has 0 aliphatic rings. The van der Waals surface area contributed by atoms with Crippen LogP contribution in [0.5, 0.6) is 5.75 Å². The lowest BCUT2D eigenvalue weighted by molar-refractivity contribution is 0.475. The largest absolute Gasteiger partial charge is 0.508 e. The Labute approximate surface area is 71.4 Å². The van der Waals surface area contributed by atoms with E-state index in [-0.39, 0.29) is 5.75 Å². The first kappa shape index (κ1) is 8.35. The maximum Gasteiger partial charge on any atom is 0.115 e.